The van der Waals surface area contributed by atoms with Crippen molar-refractivity contribution in [2.24, 2.45) is 0 Å². The number of aliphatic hydroxyl groups excluding tert-OH is 1. The second kappa shape index (κ2) is 5.87. The standard InChI is InChI=1S/C12H13N3O4/c1-18-10-3-2-9(5-13-10)14-12(17)15-11-4-8(6-16)7-19-11/h2-5,7,16H,6H2,1H3,(H2,14,15,17). The molecule has 7 nitrogen and oxygen atoms in total. The molecule has 0 radical (unpaired) electrons. The average Bonchev–Trinajstić information content (AvgIpc) is 2.87. The Morgan fingerprint density at radius 2 is 2.32 bits per heavy atom. The topological polar surface area (TPSA) is 96.6 Å². The SMILES string of the molecule is COc1ccc(NC(=O)Nc2cc(CO)co2)cn1. The van der Waals surface area contributed by atoms with Crippen LogP contribution >= 0.6 is 0 Å². The fraction of sp³-hybridized carbons (Fsp3) is 0.167. The molecular formula is C12H13N3O4. The summed E-state index contributed by atoms with van der Waals surface area (Å²) in [5.74, 6) is 0.715. The molecule has 0 saturated heterocycles. The lowest BCUT2D eigenvalue weighted by molar-refractivity contribution is 0.261. The van der Waals surface area contributed by atoms with Gasteiger partial charge in [-0.15, -0.1) is 0 Å². The van der Waals surface area contributed by atoms with Crippen LogP contribution < -0.4 is 15.4 Å². The number of aromatic nitrogens is 1. The number of nitrogens with one attached hydrogen (secondary N) is 2. The van der Waals surface area contributed by atoms with E-state index in [4.69, 9.17) is 14.3 Å². The number of hydrogen-bond acceptors (Lipinski definition) is 5. The summed E-state index contributed by atoms with van der Waals surface area (Å²) in [4.78, 5) is 15.6. The van der Waals surface area contributed by atoms with Gasteiger partial charge in [0.15, 0.2) is 0 Å². The van der Waals surface area contributed by atoms with E-state index in [1.807, 2.05) is 0 Å². The van der Waals surface area contributed by atoms with Crippen molar-refractivity contribution in [3.05, 3.63) is 36.2 Å². The summed E-state index contributed by atoms with van der Waals surface area (Å²) in [5.41, 5.74) is 1.11. The highest BCUT2D eigenvalue weighted by Gasteiger charge is 2.06. The molecule has 0 aliphatic rings. The molecule has 0 bridgehead atoms. The van der Waals surface area contributed by atoms with E-state index in [0.29, 0.717) is 17.1 Å². The predicted molar refractivity (Wildman–Crippen MR) is 68.1 cm³/mol. The minimum absolute atomic E-state index is 0.144. The molecule has 0 atom stereocenters. The van der Waals surface area contributed by atoms with Gasteiger partial charge in [-0.1, -0.05) is 0 Å². The Morgan fingerprint density at radius 3 is 2.89 bits per heavy atom. The maximum atomic E-state index is 11.6. The van der Waals surface area contributed by atoms with Crippen molar-refractivity contribution in [1.29, 1.82) is 0 Å². The van der Waals surface area contributed by atoms with Gasteiger partial charge in [0.05, 0.1) is 31.9 Å². The van der Waals surface area contributed by atoms with Crippen molar-refractivity contribution in [3.8, 4) is 5.88 Å². The summed E-state index contributed by atoms with van der Waals surface area (Å²) < 4.78 is 9.94. The van der Waals surface area contributed by atoms with Crippen LogP contribution in [0.25, 0.3) is 0 Å². The summed E-state index contributed by atoms with van der Waals surface area (Å²) in [6.07, 6.45) is 2.84. The number of rotatable bonds is 4. The number of furan rings is 1. The Hall–Kier alpha value is -2.54. The van der Waals surface area contributed by atoms with Gasteiger partial charge in [0.1, 0.15) is 0 Å². The summed E-state index contributed by atoms with van der Waals surface area (Å²) in [5, 5.41) is 13.9. The van der Waals surface area contributed by atoms with E-state index >= 15 is 0 Å². The third-order valence-corrected chi connectivity index (χ3v) is 2.28. The maximum Gasteiger partial charge on any atom is 0.326 e. The molecule has 19 heavy (non-hydrogen) atoms. The summed E-state index contributed by atoms with van der Waals surface area (Å²) in [6.45, 7) is -0.144. The number of carbonyl (C=O) groups is 1. The van der Waals surface area contributed by atoms with E-state index in [2.05, 4.69) is 15.6 Å². The van der Waals surface area contributed by atoms with Gasteiger partial charge >= 0.3 is 6.03 Å². The number of pyridine rings is 1. The van der Waals surface area contributed by atoms with Crippen LogP contribution in [0, 0.1) is 0 Å². The van der Waals surface area contributed by atoms with Crippen LogP contribution in [-0.2, 0) is 6.61 Å². The minimum atomic E-state index is -0.467. The van der Waals surface area contributed by atoms with Gasteiger partial charge in [-0.2, -0.15) is 0 Å². The van der Waals surface area contributed by atoms with Crippen LogP contribution in [0.3, 0.4) is 0 Å². The number of nitrogens with zero attached hydrogens (tertiary/aromatic N) is 1. The number of ether oxygens (including phenoxy) is 1. The fourth-order valence-corrected chi connectivity index (χ4v) is 1.37. The molecule has 2 heterocycles. The molecule has 2 amide bonds. The summed E-state index contributed by atoms with van der Waals surface area (Å²) >= 11 is 0. The van der Waals surface area contributed by atoms with Gasteiger partial charge in [0.25, 0.3) is 0 Å². The average molecular weight is 263 g/mol. The molecule has 3 N–H and O–H groups in total. The van der Waals surface area contributed by atoms with Crippen LogP contribution in [0.4, 0.5) is 16.4 Å². The first-order valence-electron chi connectivity index (χ1n) is 5.47. The normalized spacial score (nSPS) is 10.0. The fourth-order valence-electron chi connectivity index (χ4n) is 1.37. The van der Waals surface area contributed by atoms with Crippen LogP contribution in [-0.4, -0.2) is 23.2 Å². The van der Waals surface area contributed by atoms with Gasteiger partial charge in [-0.3, -0.25) is 5.32 Å². The molecule has 2 aromatic rings. The van der Waals surface area contributed by atoms with Crippen molar-refractivity contribution in [3.63, 3.8) is 0 Å². The van der Waals surface area contributed by atoms with E-state index in [0.717, 1.165) is 0 Å². The molecule has 0 unspecified atom stereocenters. The molecule has 0 aliphatic carbocycles. The molecule has 7 heteroatoms. The Morgan fingerprint density at radius 1 is 1.47 bits per heavy atom. The van der Waals surface area contributed by atoms with Crippen molar-refractivity contribution in [1.82, 2.24) is 4.98 Å². The number of urea groups is 1. The first kappa shape index (κ1) is 12.9. The number of amides is 2. The van der Waals surface area contributed by atoms with Gasteiger partial charge < -0.3 is 19.6 Å². The molecule has 0 spiro atoms. The van der Waals surface area contributed by atoms with E-state index < -0.39 is 6.03 Å². The zero-order valence-corrected chi connectivity index (χ0v) is 10.2. The first-order chi connectivity index (χ1) is 9.21. The number of aliphatic hydroxyl groups is 1. The Kier molecular flexibility index (Phi) is 3.99. The molecule has 0 aliphatic heterocycles. The molecule has 2 aromatic heterocycles. The molecule has 0 saturated carbocycles. The second-order valence-electron chi connectivity index (χ2n) is 3.65. The second-order valence-corrected chi connectivity index (χ2v) is 3.65. The summed E-state index contributed by atoms with van der Waals surface area (Å²) in [6, 6.07) is 4.36. The highest BCUT2D eigenvalue weighted by atomic mass is 16.5. The molecule has 100 valence electrons. The number of methoxy groups -OCH3 is 1. The first-order valence-corrected chi connectivity index (χ1v) is 5.47. The van der Waals surface area contributed by atoms with E-state index in [9.17, 15) is 4.79 Å². The minimum Gasteiger partial charge on any atom is -0.481 e. The third-order valence-electron chi connectivity index (χ3n) is 2.28. The Balaban J connectivity index is 1.93. The Bertz CT molecular complexity index is 550. The lowest BCUT2D eigenvalue weighted by Crippen LogP contribution is -2.19. The Labute approximate surface area is 109 Å². The highest BCUT2D eigenvalue weighted by Crippen LogP contribution is 2.14. The van der Waals surface area contributed by atoms with Crippen LogP contribution in [0.15, 0.2) is 35.1 Å². The lowest BCUT2D eigenvalue weighted by Gasteiger charge is -2.05. The van der Waals surface area contributed by atoms with E-state index in [1.54, 1.807) is 12.1 Å². The van der Waals surface area contributed by atoms with Crippen LogP contribution in [0.5, 0.6) is 5.88 Å². The summed E-state index contributed by atoms with van der Waals surface area (Å²) in [7, 11) is 1.51. The van der Waals surface area contributed by atoms with Crippen molar-refractivity contribution in [2.75, 3.05) is 17.7 Å². The number of carbonyl (C=O) groups excluding carboxylic acids is 1. The van der Waals surface area contributed by atoms with Gasteiger partial charge in [-0.25, -0.2) is 9.78 Å². The van der Waals surface area contributed by atoms with Gasteiger partial charge in [-0.05, 0) is 6.07 Å². The predicted octanol–water partition coefficient (Wildman–Crippen LogP) is 1.82. The van der Waals surface area contributed by atoms with E-state index in [-0.39, 0.29) is 12.5 Å². The highest BCUT2D eigenvalue weighted by molar-refractivity contribution is 5.98. The quantitative estimate of drug-likeness (QED) is 0.781. The lowest BCUT2D eigenvalue weighted by atomic mass is 10.4. The van der Waals surface area contributed by atoms with Crippen molar-refractivity contribution < 1.29 is 19.1 Å². The molecule has 2 rings (SSSR count). The van der Waals surface area contributed by atoms with Crippen molar-refractivity contribution in [2.45, 2.75) is 6.61 Å². The zero-order chi connectivity index (χ0) is 13.7. The van der Waals surface area contributed by atoms with Gasteiger partial charge in [0.2, 0.25) is 11.8 Å². The monoisotopic (exact) mass is 263 g/mol. The van der Waals surface area contributed by atoms with Gasteiger partial charge in [0, 0.05) is 17.7 Å². The van der Waals surface area contributed by atoms with Crippen LogP contribution in [0.2, 0.25) is 0 Å². The smallest absolute Gasteiger partial charge is 0.326 e. The van der Waals surface area contributed by atoms with Crippen LogP contribution in [0.1, 0.15) is 5.56 Å². The molecular weight excluding hydrogens is 250 g/mol. The maximum absolute atomic E-state index is 11.6. The molecule has 0 fully saturated rings. The van der Waals surface area contributed by atoms with E-state index in [1.165, 1.54) is 25.6 Å². The van der Waals surface area contributed by atoms with Crippen molar-refractivity contribution >= 4 is 17.6 Å². The largest absolute Gasteiger partial charge is 0.481 e. The number of hydrogen-bond donors (Lipinski definition) is 3. The zero-order valence-electron chi connectivity index (χ0n) is 10.2. The third kappa shape index (κ3) is 3.46. The molecule has 0 aromatic carbocycles. The number of anilines is 2.